The summed E-state index contributed by atoms with van der Waals surface area (Å²) in [5, 5.41) is 5.73. The topological polar surface area (TPSA) is 97.0 Å². The molecule has 1 saturated heterocycles. The summed E-state index contributed by atoms with van der Waals surface area (Å²) in [6.07, 6.45) is 2.21. The molecular weight excluding hydrogens is 422 g/mol. The summed E-state index contributed by atoms with van der Waals surface area (Å²) in [6.45, 7) is 10.6. The van der Waals surface area contributed by atoms with Crippen molar-refractivity contribution in [3.05, 3.63) is 35.4 Å². The lowest BCUT2D eigenvalue weighted by atomic mass is 9.64. The number of benzene rings is 1. The van der Waals surface area contributed by atoms with Crippen LogP contribution in [-0.2, 0) is 32.2 Å². The number of rotatable bonds is 10. The molecule has 1 aromatic carbocycles. The van der Waals surface area contributed by atoms with Gasteiger partial charge in [-0.2, -0.15) is 0 Å². The molecule has 2 fully saturated rings. The zero-order chi connectivity index (χ0) is 24.1. The predicted octanol–water partition coefficient (Wildman–Crippen LogP) is 2.99. The Hall–Kier alpha value is -2.45. The maximum Gasteiger partial charge on any atom is 0.325 e. The largest absolute Gasteiger partial charge is 0.379 e. The Morgan fingerprint density at radius 2 is 1.91 bits per heavy atom. The molecule has 3 rings (SSSR count). The van der Waals surface area contributed by atoms with Crippen LogP contribution >= 0.6 is 0 Å². The number of nitrogens with zero attached hydrogens (tertiary/aromatic N) is 1. The molecule has 1 spiro atoms. The van der Waals surface area contributed by atoms with E-state index < -0.39 is 11.6 Å². The minimum atomic E-state index is -0.894. The lowest BCUT2D eigenvalue weighted by molar-refractivity contribution is -0.137. The van der Waals surface area contributed by atoms with Crippen LogP contribution in [0.4, 0.5) is 4.79 Å². The number of carbonyl (C=O) groups is 3. The minimum Gasteiger partial charge on any atom is -0.379 e. The number of urea groups is 1. The number of amides is 4. The first-order valence-corrected chi connectivity index (χ1v) is 11.8. The highest BCUT2D eigenvalue weighted by atomic mass is 16.5. The Labute approximate surface area is 196 Å². The normalized spacial score (nSPS) is 24.2. The van der Waals surface area contributed by atoms with Gasteiger partial charge >= 0.3 is 6.03 Å². The molecule has 0 radical (unpaired) electrons. The first kappa shape index (κ1) is 25.2. The monoisotopic (exact) mass is 459 g/mol. The molecular formula is C25H37N3O5. The van der Waals surface area contributed by atoms with Crippen LogP contribution < -0.4 is 10.6 Å². The van der Waals surface area contributed by atoms with Crippen molar-refractivity contribution in [2.24, 2.45) is 11.3 Å². The van der Waals surface area contributed by atoms with Gasteiger partial charge in [-0.05, 0) is 48.6 Å². The highest BCUT2D eigenvalue weighted by Crippen LogP contribution is 2.46. The van der Waals surface area contributed by atoms with Crippen molar-refractivity contribution in [3.8, 4) is 0 Å². The van der Waals surface area contributed by atoms with Gasteiger partial charge in [0.2, 0.25) is 5.91 Å². The molecule has 4 amide bonds. The lowest BCUT2D eigenvalue weighted by Gasteiger charge is -2.43. The standard InChI is InChI=1S/C25H37N3O5/c1-5-32-9-10-33-16-20-8-6-7-19(11-20)14-26-21(29)15-28-22(30)25(27-23(28)31)13-18(2)12-24(3,4)17-25/h6-8,11,18H,5,9-10,12-17H2,1-4H3,(H,26,29)(H,27,31). The van der Waals surface area contributed by atoms with Crippen molar-refractivity contribution < 1.29 is 23.9 Å². The number of ether oxygens (including phenoxy) is 2. The van der Waals surface area contributed by atoms with Crippen LogP contribution in [0.2, 0.25) is 0 Å². The summed E-state index contributed by atoms with van der Waals surface area (Å²) >= 11 is 0. The molecule has 2 atom stereocenters. The van der Waals surface area contributed by atoms with Gasteiger partial charge in [0, 0.05) is 13.2 Å². The molecule has 1 saturated carbocycles. The Morgan fingerprint density at radius 3 is 2.64 bits per heavy atom. The zero-order valence-corrected chi connectivity index (χ0v) is 20.2. The van der Waals surface area contributed by atoms with Crippen LogP contribution in [0.25, 0.3) is 0 Å². The molecule has 182 valence electrons. The minimum absolute atomic E-state index is 0.0450. The summed E-state index contributed by atoms with van der Waals surface area (Å²) < 4.78 is 10.8. The molecule has 2 N–H and O–H groups in total. The second-order valence-electron chi connectivity index (χ2n) is 10.1. The van der Waals surface area contributed by atoms with E-state index in [-0.39, 0.29) is 23.8 Å². The van der Waals surface area contributed by atoms with Crippen LogP contribution in [0.15, 0.2) is 24.3 Å². The van der Waals surface area contributed by atoms with Crippen molar-refractivity contribution in [1.29, 1.82) is 0 Å². The molecule has 1 aliphatic heterocycles. The third-order valence-electron chi connectivity index (χ3n) is 6.25. The van der Waals surface area contributed by atoms with E-state index in [1.807, 2.05) is 31.2 Å². The molecule has 8 nitrogen and oxygen atoms in total. The van der Waals surface area contributed by atoms with Crippen molar-refractivity contribution in [2.45, 2.75) is 65.6 Å². The van der Waals surface area contributed by atoms with Gasteiger partial charge in [0.05, 0.1) is 19.8 Å². The highest BCUT2D eigenvalue weighted by Gasteiger charge is 2.56. The molecule has 2 aliphatic rings. The molecule has 33 heavy (non-hydrogen) atoms. The second-order valence-corrected chi connectivity index (χ2v) is 10.1. The molecule has 1 heterocycles. The van der Waals surface area contributed by atoms with Crippen molar-refractivity contribution in [1.82, 2.24) is 15.5 Å². The van der Waals surface area contributed by atoms with Crippen LogP contribution in [-0.4, -0.2) is 54.6 Å². The van der Waals surface area contributed by atoms with E-state index in [9.17, 15) is 14.4 Å². The van der Waals surface area contributed by atoms with Gasteiger partial charge in [0.25, 0.3) is 5.91 Å². The van der Waals surface area contributed by atoms with Crippen LogP contribution in [0.3, 0.4) is 0 Å². The van der Waals surface area contributed by atoms with E-state index in [0.717, 1.165) is 22.4 Å². The van der Waals surface area contributed by atoms with Crippen molar-refractivity contribution in [2.75, 3.05) is 26.4 Å². The molecule has 2 unspecified atom stereocenters. The maximum atomic E-state index is 13.2. The zero-order valence-electron chi connectivity index (χ0n) is 20.2. The van der Waals surface area contributed by atoms with E-state index in [4.69, 9.17) is 9.47 Å². The summed E-state index contributed by atoms with van der Waals surface area (Å²) in [5.41, 5.74) is 0.986. The van der Waals surface area contributed by atoms with Crippen LogP contribution in [0, 0.1) is 11.3 Å². The van der Waals surface area contributed by atoms with Gasteiger partial charge in [0.15, 0.2) is 0 Å². The van der Waals surface area contributed by atoms with E-state index in [1.54, 1.807) is 0 Å². The number of carbonyl (C=O) groups excluding carboxylic acids is 3. The van der Waals surface area contributed by atoms with E-state index in [0.29, 0.717) is 51.7 Å². The van der Waals surface area contributed by atoms with Gasteiger partial charge in [-0.25, -0.2) is 4.79 Å². The first-order valence-electron chi connectivity index (χ1n) is 11.8. The van der Waals surface area contributed by atoms with Gasteiger partial charge in [-0.1, -0.05) is 45.0 Å². The SMILES string of the molecule is CCOCCOCc1cccc(CNC(=O)CN2C(=O)NC3(CC(C)CC(C)(C)C3)C2=O)c1. The quantitative estimate of drug-likeness (QED) is 0.414. The Morgan fingerprint density at radius 1 is 1.18 bits per heavy atom. The molecule has 0 aromatic heterocycles. The number of nitrogens with one attached hydrogen (secondary N) is 2. The van der Waals surface area contributed by atoms with Crippen molar-refractivity contribution >= 4 is 17.8 Å². The average Bonchev–Trinajstić information content (AvgIpc) is 2.94. The number of hydrogen-bond acceptors (Lipinski definition) is 5. The van der Waals surface area contributed by atoms with E-state index >= 15 is 0 Å². The summed E-state index contributed by atoms with van der Waals surface area (Å²) in [7, 11) is 0. The lowest BCUT2D eigenvalue weighted by Crippen LogP contribution is -2.54. The molecule has 1 aromatic rings. The third kappa shape index (κ3) is 6.54. The Balaban J connectivity index is 1.51. The summed E-state index contributed by atoms with van der Waals surface area (Å²) in [6, 6.07) is 7.28. The molecule has 1 aliphatic carbocycles. The predicted molar refractivity (Wildman–Crippen MR) is 124 cm³/mol. The van der Waals surface area contributed by atoms with Crippen LogP contribution in [0.5, 0.6) is 0 Å². The van der Waals surface area contributed by atoms with Crippen molar-refractivity contribution in [3.63, 3.8) is 0 Å². The second kappa shape index (κ2) is 10.7. The van der Waals surface area contributed by atoms with E-state index in [1.165, 1.54) is 0 Å². The number of hydrogen-bond donors (Lipinski definition) is 2. The fourth-order valence-corrected chi connectivity index (χ4v) is 5.33. The molecule has 8 heteroatoms. The summed E-state index contributed by atoms with van der Waals surface area (Å²) in [5.74, 6) is -0.326. The number of imide groups is 1. The maximum absolute atomic E-state index is 13.2. The summed E-state index contributed by atoms with van der Waals surface area (Å²) in [4.78, 5) is 39.4. The smallest absolute Gasteiger partial charge is 0.325 e. The van der Waals surface area contributed by atoms with Gasteiger partial charge < -0.3 is 20.1 Å². The highest BCUT2D eigenvalue weighted by molar-refractivity contribution is 6.09. The van der Waals surface area contributed by atoms with Gasteiger partial charge in [-0.3, -0.25) is 14.5 Å². The third-order valence-corrected chi connectivity index (χ3v) is 6.25. The Bertz CT molecular complexity index is 871. The average molecular weight is 460 g/mol. The van der Waals surface area contributed by atoms with Gasteiger partial charge in [-0.15, -0.1) is 0 Å². The van der Waals surface area contributed by atoms with E-state index in [2.05, 4.69) is 31.4 Å². The first-order chi connectivity index (χ1) is 15.6. The Kier molecular flexibility index (Phi) is 8.13. The van der Waals surface area contributed by atoms with Gasteiger partial charge in [0.1, 0.15) is 12.1 Å². The molecule has 0 bridgehead atoms. The fraction of sp³-hybridized carbons (Fsp3) is 0.640. The van der Waals surface area contributed by atoms with Crippen LogP contribution in [0.1, 0.15) is 58.1 Å². The fourth-order valence-electron chi connectivity index (χ4n) is 5.33.